The zero-order valence-corrected chi connectivity index (χ0v) is 11.6. The Hall–Kier alpha value is -1.12. The molecule has 2 aromatic rings. The topological polar surface area (TPSA) is 84.4 Å². The molecule has 8 heteroatoms. The average Bonchev–Trinajstić information content (AvgIpc) is 2.81. The molecule has 0 unspecified atom stereocenters. The van der Waals surface area contributed by atoms with Gasteiger partial charge in [0.15, 0.2) is 10.2 Å². The summed E-state index contributed by atoms with van der Waals surface area (Å²) in [6.45, 7) is 0. The van der Waals surface area contributed by atoms with Gasteiger partial charge in [-0.3, -0.25) is 0 Å². The number of benzene rings is 1. The minimum atomic E-state index is 0.0597. The molecule has 0 amide bonds. The molecule has 0 spiro atoms. The molecule has 0 radical (unpaired) electrons. The van der Waals surface area contributed by atoms with Crippen molar-refractivity contribution < 1.29 is 5.21 Å². The Morgan fingerprint density at radius 1 is 1.53 bits per heavy atom. The monoisotopic (exact) mass is 330 g/mol. The Morgan fingerprint density at radius 3 is 3.00 bits per heavy atom. The number of nitrogens with two attached hydrogens (primary N) is 1. The van der Waals surface area contributed by atoms with Gasteiger partial charge in [0.2, 0.25) is 0 Å². The zero-order chi connectivity index (χ0) is 12.3. The van der Waals surface area contributed by atoms with Crippen molar-refractivity contribution in [3.8, 4) is 0 Å². The van der Waals surface area contributed by atoms with Crippen LogP contribution in [0.5, 0.6) is 0 Å². The number of rotatable bonds is 3. The van der Waals surface area contributed by atoms with Gasteiger partial charge < -0.3 is 10.9 Å². The van der Waals surface area contributed by atoms with Crippen molar-refractivity contribution in [2.45, 2.75) is 9.24 Å². The van der Waals surface area contributed by atoms with Crippen molar-refractivity contribution in [2.24, 2.45) is 10.9 Å². The van der Waals surface area contributed by atoms with Crippen LogP contribution in [0.1, 0.15) is 5.56 Å². The minimum absolute atomic E-state index is 0.0597. The maximum Gasteiger partial charge on any atom is 0.178 e. The molecule has 5 nitrogen and oxygen atoms in total. The van der Waals surface area contributed by atoms with Gasteiger partial charge in [-0.15, -0.1) is 10.2 Å². The quantitative estimate of drug-likeness (QED) is 0.391. The van der Waals surface area contributed by atoms with Gasteiger partial charge in [0.05, 0.1) is 0 Å². The van der Waals surface area contributed by atoms with Crippen molar-refractivity contribution in [1.29, 1.82) is 0 Å². The molecule has 0 aliphatic heterocycles. The van der Waals surface area contributed by atoms with E-state index >= 15 is 0 Å². The van der Waals surface area contributed by atoms with E-state index in [0.717, 1.165) is 13.7 Å². The number of amidine groups is 1. The normalized spacial score (nSPS) is 11.7. The third kappa shape index (κ3) is 2.76. The van der Waals surface area contributed by atoms with Crippen molar-refractivity contribution in [1.82, 2.24) is 10.2 Å². The van der Waals surface area contributed by atoms with E-state index < -0.39 is 0 Å². The van der Waals surface area contributed by atoms with Crippen LogP contribution in [-0.2, 0) is 0 Å². The molecule has 0 saturated carbocycles. The molecule has 88 valence electrons. The smallest absolute Gasteiger partial charge is 0.178 e. The van der Waals surface area contributed by atoms with E-state index in [1.54, 1.807) is 5.51 Å². The van der Waals surface area contributed by atoms with E-state index in [1.807, 2.05) is 18.2 Å². The first-order chi connectivity index (χ1) is 8.22. The molecule has 0 atom stereocenters. The van der Waals surface area contributed by atoms with Crippen LogP contribution in [-0.4, -0.2) is 21.2 Å². The number of aromatic nitrogens is 2. The van der Waals surface area contributed by atoms with Crippen LogP contribution < -0.4 is 5.73 Å². The molecule has 0 bridgehead atoms. The summed E-state index contributed by atoms with van der Waals surface area (Å²) in [5.41, 5.74) is 7.95. The molecule has 2 rings (SSSR count). The Bertz CT molecular complexity index is 544. The summed E-state index contributed by atoms with van der Waals surface area (Å²) in [7, 11) is 0. The molecule has 17 heavy (non-hydrogen) atoms. The van der Waals surface area contributed by atoms with E-state index in [2.05, 4.69) is 31.3 Å². The highest BCUT2D eigenvalue weighted by Crippen LogP contribution is 2.34. The fraction of sp³-hybridized carbons (Fsp3) is 0. The summed E-state index contributed by atoms with van der Waals surface area (Å²) < 4.78 is 1.57. The predicted molar refractivity (Wildman–Crippen MR) is 70.7 cm³/mol. The Labute approximate surface area is 114 Å². The molecule has 3 N–H and O–H groups in total. The summed E-state index contributed by atoms with van der Waals surface area (Å²) in [6.07, 6.45) is 0. The SMILES string of the molecule is N/C(=N/O)c1c(Br)cccc1Sc1nncs1. The number of halogens is 1. The maximum atomic E-state index is 8.77. The molecular formula is C9H7BrN4OS2. The highest BCUT2D eigenvalue weighted by Gasteiger charge is 2.13. The van der Waals surface area contributed by atoms with Gasteiger partial charge in [0.1, 0.15) is 5.51 Å². The Balaban J connectivity index is 2.43. The number of oxime groups is 1. The molecule has 0 fully saturated rings. The van der Waals surface area contributed by atoms with Gasteiger partial charge >= 0.3 is 0 Å². The van der Waals surface area contributed by atoms with E-state index in [9.17, 15) is 0 Å². The largest absolute Gasteiger partial charge is 0.409 e. The molecule has 1 heterocycles. The summed E-state index contributed by atoms with van der Waals surface area (Å²) in [6, 6.07) is 5.59. The first-order valence-corrected chi connectivity index (χ1v) is 6.91. The van der Waals surface area contributed by atoms with Gasteiger partial charge in [-0.2, -0.15) is 0 Å². The van der Waals surface area contributed by atoms with Crippen LogP contribution in [0.3, 0.4) is 0 Å². The molecule has 0 aliphatic rings. The lowest BCUT2D eigenvalue weighted by Gasteiger charge is -2.07. The average molecular weight is 331 g/mol. The van der Waals surface area contributed by atoms with Crippen molar-refractivity contribution in [3.63, 3.8) is 0 Å². The molecule has 1 aromatic carbocycles. The van der Waals surface area contributed by atoms with Gasteiger partial charge in [-0.05, 0) is 28.1 Å². The fourth-order valence-corrected chi connectivity index (χ4v) is 3.50. The van der Waals surface area contributed by atoms with Crippen LogP contribution in [0.25, 0.3) is 0 Å². The predicted octanol–water partition coefficient (Wildman–Crippen LogP) is 2.55. The van der Waals surface area contributed by atoms with E-state index in [1.165, 1.54) is 23.1 Å². The summed E-state index contributed by atoms with van der Waals surface area (Å²) >= 11 is 6.23. The number of nitrogens with zero attached hydrogens (tertiary/aromatic N) is 3. The third-order valence-corrected chi connectivity index (χ3v) is 4.38. The lowest BCUT2D eigenvalue weighted by Crippen LogP contribution is -2.15. The maximum absolute atomic E-state index is 8.77. The summed E-state index contributed by atoms with van der Waals surface area (Å²) in [5, 5.41) is 19.5. The molecule has 0 saturated heterocycles. The van der Waals surface area contributed by atoms with Gasteiger partial charge in [-0.25, -0.2) is 0 Å². The van der Waals surface area contributed by atoms with E-state index in [-0.39, 0.29) is 5.84 Å². The second-order valence-electron chi connectivity index (χ2n) is 2.90. The first kappa shape index (κ1) is 12.3. The van der Waals surface area contributed by atoms with Crippen LogP contribution in [0.4, 0.5) is 0 Å². The number of hydrogen-bond donors (Lipinski definition) is 2. The van der Waals surface area contributed by atoms with Gasteiger partial charge in [0.25, 0.3) is 0 Å². The Morgan fingerprint density at radius 2 is 2.35 bits per heavy atom. The van der Waals surface area contributed by atoms with Crippen LogP contribution >= 0.6 is 39.0 Å². The standard InChI is InChI=1S/C9H7BrN4OS2/c10-5-2-1-3-6(7(5)8(11)14-15)17-9-13-12-4-16-9/h1-4,15H,(H2,11,14). The van der Waals surface area contributed by atoms with Crippen molar-refractivity contribution >= 4 is 44.9 Å². The minimum Gasteiger partial charge on any atom is -0.409 e. The van der Waals surface area contributed by atoms with Crippen molar-refractivity contribution in [3.05, 3.63) is 33.7 Å². The van der Waals surface area contributed by atoms with E-state index in [0.29, 0.717) is 5.56 Å². The van der Waals surface area contributed by atoms with E-state index in [4.69, 9.17) is 10.9 Å². The highest BCUT2D eigenvalue weighted by molar-refractivity contribution is 9.10. The Kier molecular flexibility index (Phi) is 3.97. The third-order valence-electron chi connectivity index (χ3n) is 1.88. The second-order valence-corrected chi connectivity index (χ2v) is 5.88. The molecule has 1 aromatic heterocycles. The van der Waals surface area contributed by atoms with Crippen LogP contribution in [0, 0.1) is 0 Å². The molecule has 0 aliphatic carbocycles. The molecular weight excluding hydrogens is 324 g/mol. The van der Waals surface area contributed by atoms with Crippen LogP contribution in [0.15, 0.2) is 42.6 Å². The van der Waals surface area contributed by atoms with Gasteiger partial charge in [-0.1, -0.05) is 34.3 Å². The lowest BCUT2D eigenvalue weighted by molar-refractivity contribution is 0.318. The van der Waals surface area contributed by atoms with Gasteiger partial charge in [0, 0.05) is 14.9 Å². The highest BCUT2D eigenvalue weighted by atomic mass is 79.9. The first-order valence-electron chi connectivity index (χ1n) is 4.43. The fourth-order valence-electron chi connectivity index (χ4n) is 1.19. The second kappa shape index (κ2) is 5.48. The van der Waals surface area contributed by atoms with Crippen LogP contribution in [0.2, 0.25) is 0 Å². The van der Waals surface area contributed by atoms with Crippen molar-refractivity contribution in [2.75, 3.05) is 0 Å². The zero-order valence-electron chi connectivity index (χ0n) is 8.37. The number of hydrogen-bond acceptors (Lipinski definition) is 6. The lowest BCUT2D eigenvalue weighted by atomic mass is 10.2. The summed E-state index contributed by atoms with van der Waals surface area (Å²) in [5.74, 6) is 0.0597. The summed E-state index contributed by atoms with van der Waals surface area (Å²) in [4.78, 5) is 0.853.